The molecule has 0 radical (unpaired) electrons. The molecule has 0 unspecified atom stereocenters. The van der Waals surface area contributed by atoms with Gasteiger partial charge in [-0.2, -0.15) is 0 Å². The second-order valence-corrected chi connectivity index (χ2v) is 5.50. The fraction of sp³-hybridized carbons (Fsp3) is 0.250. The summed E-state index contributed by atoms with van der Waals surface area (Å²) in [6.45, 7) is 0. The van der Waals surface area contributed by atoms with Gasteiger partial charge in [-0.25, -0.2) is 13.8 Å². The Balaban J connectivity index is 1.82. The van der Waals surface area contributed by atoms with Crippen LogP contribution in [0, 0.1) is 17.6 Å². The van der Waals surface area contributed by atoms with Gasteiger partial charge in [-0.1, -0.05) is 0 Å². The van der Waals surface area contributed by atoms with E-state index < -0.39 is 11.6 Å². The maximum absolute atomic E-state index is 13.9. The molecule has 4 rings (SSSR count). The van der Waals surface area contributed by atoms with Crippen molar-refractivity contribution in [3.8, 4) is 11.3 Å². The highest BCUT2D eigenvalue weighted by Gasteiger charge is 2.24. The van der Waals surface area contributed by atoms with Crippen molar-refractivity contribution in [2.24, 2.45) is 5.92 Å². The predicted molar refractivity (Wildman–Crippen MR) is 74.8 cm³/mol. The predicted octanol–water partition coefficient (Wildman–Crippen LogP) is 3.63. The molecule has 106 valence electrons. The highest BCUT2D eigenvalue weighted by molar-refractivity contribution is 5.64. The lowest BCUT2D eigenvalue weighted by atomic mass is 10.1. The average molecular weight is 285 g/mol. The molecule has 3 nitrogen and oxygen atoms in total. The van der Waals surface area contributed by atoms with Crippen molar-refractivity contribution in [3.63, 3.8) is 0 Å². The number of fused-ring (bicyclic) bond motifs is 1. The molecule has 0 atom stereocenters. The van der Waals surface area contributed by atoms with E-state index >= 15 is 0 Å². The van der Waals surface area contributed by atoms with E-state index in [0.29, 0.717) is 17.2 Å². The van der Waals surface area contributed by atoms with Crippen molar-refractivity contribution in [3.05, 3.63) is 54.1 Å². The molecule has 0 amide bonds. The SMILES string of the molecule is Fc1ccc(-c2cn3ccnc(CC4CC4)c3n2)c(F)c1. The molecule has 3 aromatic rings. The number of aromatic nitrogens is 3. The van der Waals surface area contributed by atoms with Crippen molar-refractivity contribution in [1.29, 1.82) is 0 Å². The minimum Gasteiger partial charge on any atom is -0.303 e. The van der Waals surface area contributed by atoms with E-state index in [0.717, 1.165) is 23.8 Å². The minimum atomic E-state index is -0.602. The number of nitrogens with zero attached hydrogens (tertiary/aromatic N) is 3. The van der Waals surface area contributed by atoms with Gasteiger partial charge in [0.2, 0.25) is 0 Å². The molecule has 1 fully saturated rings. The first-order valence-electron chi connectivity index (χ1n) is 6.99. The van der Waals surface area contributed by atoms with Crippen LogP contribution in [0.25, 0.3) is 16.9 Å². The largest absolute Gasteiger partial charge is 0.303 e. The molecule has 21 heavy (non-hydrogen) atoms. The lowest BCUT2D eigenvalue weighted by Gasteiger charge is -2.00. The van der Waals surface area contributed by atoms with E-state index in [-0.39, 0.29) is 0 Å². The molecule has 0 aliphatic heterocycles. The van der Waals surface area contributed by atoms with Gasteiger partial charge in [0, 0.05) is 30.2 Å². The normalized spacial score (nSPS) is 14.8. The Morgan fingerprint density at radius 2 is 2.10 bits per heavy atom. The van der Waals surface area contributed by atoms with Crippen LogP contribution in [0.2, 0.25) is 0 Å². The highest BCUT2D eigenvalue weighted by atomic mass is 19.1. The van der Waals surface area contributed by atoms with Crippen LogP contribution in [-0.2, 0) is 6.42 Å². The van der Waals surface area contributed by atoms with Crippen molar-refractivity contribution < 1.29 is 8.78 Å². The van der Waals surface area contributed by atoms with Crippen molar-refractivity contribution in [2.75, 3.05) is 0 Å². The van der Waals surface area contributed by atoms with Crippen LogP contribution in [0.4, 0.5) is 8.78 Å². The van der Waals surface area contributed by atoms with Gasteiger partial charge in [0.25, 0.3) is 0 Å². The number of imidazole rings is 1. The molecule has 2 aromatic heterocycles. The second kappa shape index (κ2) is 4.62. The molecule has 5 heteroatoms. The first-order valence-corrected chi connectivity index (χ1v) is 6.99. The summed E-state index contributed by atoms with van der Waals surface area (Å²) in [6.07, 6.45) is 8.67. The maximum atomic E-state index is 13.9. The van der Waals surface area contributed by atoms with Crippen LogP contribution in [0.3, 0.4) is 0 Å². The first-order chi connectivity index (χ1) is 10.2. The number of halogens is 2. The summed E-state index contributed by atoms with van der Waals surface area (Å²) in [5.41, 5.74) is 2.49. The third-order valence-corrected chi connectivity index (χ3v) is 3.83. The van der Waals surface area contributed by atoms with Gasteiger partial charge in [-0.15, -0.1) is 0 Å². The Morgan fingerprint density at radius 3 is 2.86 bits per heavy atom. The van der Waals surface area contributed by atoms with Crippen LogP contribution >= 0.6 is 0 Å². The van der Waals surface area contributed by atoms with Crippen LogP contribution in [0.15, 0.2) is 36.8 Å². The first kappa shape index (κ1) is 12.4. The third kappa shape index (κ3) is 2.28. The van der Waals surface area contributed by atoms with Gasteiger partial charge in [-0.05, 0) is 37.3 Å². The van der Waals surface area contributed by atoms with Crippen LogP contribution in [0.1, 0.15) is 18.5 Å². The number of benzene rings is 1. The summed E-state index contributed by atoms with van der Waals surface area (Å²) in [5.74, 6) is -0.488. The lowest BCUT2D eigenvalue weighted by molar-refractivity contribution is 0.585. The summed E-state index contributed by atoms with van der Waals surface area (Å²) in [6, 6.07) is 3.54. The lowest BCUT2D eigenvalue weighted by Crippen LogP contribution is -1.96. The number of hydrogen-bond acceptors (Lipinski definition) is 2. The van der Waals surface area contributed by atoms with E-state index in [2.05, 4.69) is 9.97 Å². The zero-order chi connectivity index (χ0) is 14.4. The van der Waals surface area contributed by atoms with Gasteiger partial charge in [-0.3, -0.25) is 4.98 Å². The van der Waals surface area contributed by atoms with Gasteiger partial charge in [0.05, 0.1) is 11.4 Å². The molecule has 0 bridgehead atoms. The molecule has 0 spiro atoms. The van der Waals surface area contributed by atoms with E-state index in [1.165, 1.54) is 25.0 Å². The van der Waals surface area contributed by atoms with Gasteiger partial charge >= 0.3 is 0 Å². The molecular formula is C16H13F2N3. The monoisotopic (exact) mass is 285 g/mol. The van der Waals surface area contributed by atoms with Crippen LogP contribution in [0.5, 0.6) is 0 Å². The van der Waals surface area contributed by atoms with Crippen molar-refractivity contribution in [1.82, 2.24) is 14.4 Å². The summed E-state index contributed by atoms with van der Waals surface area (Å²) in [4.78, 5) is 8.89. The molecule has 2 heterocycles. The summed E-state index contributed by atoms with van der Waals surface area (Å²) < 4.78 is 28.7. The standard InChI is InChI=1S/C16H13F2N3/c17-11-3-4-12(13(18)8-11)15-9-21-6-5-19-14(16(21)20-15)7-10-1-2-10/h3-6,8-10H,1-2,7H2. The van der Waals surface area contributed by atoms with Crippen molar-refractivity contribution in [2.45, 2.75) is 19.3 Å². The van der Waals surface area contributed by atoms with Gasteiger partial charge in [0.1, 0.15) is 11.6 Å². The van der Waals surface area contributed by atoms with E-state index in [1.807, 2.05) is 4.40 Å². The topological polar surface area (TPSA) is 30.2 Å². The fourth-order valence-electron chi connectivity index (χ4n) is 2.54. The summed E-state index contributed by atoms with van der Waals surface area (Å²) in [7, 11) is 0. The molecular weight excluding hydrogens is 272 g/mol. The molecule has 1 aliphatic rings. The Morgan fingerprint density at radius 1 is 1.24 bits per heavy atom. The van der Waals surface area contributed by atoms with E-state index in [1.54, 1.807) is 18.6 Å². The fourth-order valence-corrected chi connectivity index (χ4v) is 2.54. The molecule has 0 saturated heterocycles. The Bertz CT molecular complexity index is 822. The Labute approximate surface area is 120 Å². The molecule has 1 saturated carbocycles. The van der Waals surface area contributed by atoms with Crippen LogP contribution < -0.4 is 0 Å². The smallest absolute Gasteiger partial charge is 0.159 e. The van der Waals surface area contributed by atoms with Gasteiger partial charge < -0.3 is 4.40 Å². The molecule has 0 N–H and O–H groups in total. The van der Waals surface area contributed by atoms with Crippen LogP contribution in [-0.4, -0.2) is 14.4 Å². The minimum absolute atomic E-state index is 0.303. The van der Waals surface area contributed by atoms with E-state index in [4.69, 9.17) is 0 Å². The van der Waals surface area contributed by atoms with Crippen molar-refractivity contribution >= 4 is 5.65 Å². The second-order valence-electron chi connectivity index (χ2n) is 5.50. The van der Waals surface area contributed by atoms with E-state index in [9.17, 15) is 8.78 Å². The number of hydrogen-bond donors (Lipinski definition) is 0. The number of rotatable bonds is 3. The zero-order valence-corrected chi connectivity index (χ0v) is 11.3. The third-order valence-electron chi connectivity index (χ3n) is 3.83. The quantitative estimate of drug-likeness (QED) is 0.735. The summed E-state index contributed by atoms with van der Waals surface area (Å²) in [5, 5.41) is 0. The maximum Gasteiger partial charge on any atom is 0.159 e. The molecule has 1 aromatic carbocycles. The average Bonchev–Trinajstić information content (AvgIpc) is 3.15. The Hall–Kier alpha value is -2.30. The molecule has 1 aliphatic carbocycles. The van der Waals surface area contributed by atoms with Gasteiger partial charge in [0.15, 0.2) is 5.65 Å². The summed E-state index contributed by atoms with van der Waals surface area (Å²) >= 11 is 0. The highest BCUT2D eigenvalue weighted by Crippen LogP contribution is 2.33. The Kier molecular flexibility index (Phi) is 2.74. The zero-order valence-electron chi connectivity index (χ0n) is 11.3.